The standard InChI is InChI=1S/C34H43N9O8/c1-20(35-3)30(45)39-28-17-24-19-43(42-41-24)13-14-51-25-11-9-23(10-12-25)16-27(32(47)37-21(2)34(49)50)40-33(48)26(15-22-7-5-4-6-8-22)38-29(44)18-36-31(28)46/h4-12,19-21,26-28,35H,13-18H2,1-3H3,(H,36,46)(H,37,47)(H,38,44)(H,39,45)(H,40,48)(H,49,50)/t20-,21+,26-,27-,28-/m0/s1. The Balaban J connectivity index is 1.64. The summed E-state index contributed by atoms with van der Waals surface area (Å²) in [5.41, 5.74) is 1.76. The van der Waals surface area contributed by atoms with Crippen molar-refractivity contribution in [2.24, 2.45) is 0 Å². The fraction of sp³-hybridized carbons (Fsp3) is 0.412. The van der Waals surface area contributed by atoms with Crippen LogP contribution in [0.4, 0.5) is 0 Å². The van der Waals surface area contributed by atoms with Gasteiger partial charge in [0.05, 0.1) is 24.8 Å². The van der Waals surface area contributed by atoms with E-state index < -0.39 is 72.3 Å². The van der Waals surface area contributed by atoms with Crippen molar-refractivity contribution < 1.29 is 38.6 Å². The second-order valence-electron chi connectivity index (χ2n) is 12.1. The number of carboxylic acids is 1. The average molecular weight is 706 g/mol. The van der Waals surface area contributed by atoms with Crippen LogP contribution < -0.4 is 36.6 Å². The Morgan fingerprint density at radius 3 is 2.39 bits per heavy atom. The summed E-state index contributed by atoms with van der Waals surface area (Å²) in [6.45, 7) is 2.92. The molecule has 2 aliphatic heterocycles. The van der Waals surface area contributed by atoms with E-state index in [-0.39, 0.29) is 25.9 Å². The molecule has 0 fully saturated rings. The molecule has 1 aromatic heterocycles. The Kier molecular flexibility index (Phi) is 13.6. The quantitative estimate of drug-likeness (QED) is 0.133. The van der Waals surface area contributed by atoms with Crippen LogP contribution in [0.5, 0.6) is 5.75 Å². The Morgan fingerprint density at radius 1 is 0.980 bits per heavy atom. The minimum absolute atomic E-state index is 0.00668. The van der Waals surface area contributed by atoms with E-state index in [1.54, 1.807) is 74.8 Å². The Hall–Kier alpha value is -5.84. The Morgan fingerprint density at radius 2 is 1.71 bits per heavy atom. The molecule has 0 radical (unpaired) electrons. The fourth-order valence-corrected chi connectivity index (χ4v) is 5.05. The molecule has 2 aromatic carbocycles. The van der Waals surface area contributed by atoms with Gasteiger partial charge in [0, 0.05) is 25.5 Å². The molecule has 5 atom stereocenters. The zero-order valence-corrected chi connectivity index (χ0v) is 28.5. The molecule has 4 bridgehead atoms. The molecule has 3 aromatic rings. The van der Waals surface area contributed by atoms with Crippen LogP contribution in [0, 0.1) is 0 Å². The maximum Gasteiger partial charge on any atom is 0.325 e. The van der Waals surface area contributed by atoms with E-state index in [4.69, 9.17) is 4.74 Å². The highest BCUT2D eigenvalue weighted by Crippen LogP contribution is 2.15. The van der Waals surface area contributed by atoms with Gasteiger partial charge in [-0.3, -0.25) is 28.8 Å². The van der Waals surface area contributed by atoms with Gasteiger partial charge in [-0.1, -0.05) is 47.7 Å². The van der Waals surface area contributed by atoms with E-state index in [1.807, 2.05) is 0 Å². The zero-order valence-electron chi connectivity index (χ0n) is 28.5. The van der Waals surface area contributed by atoms with Crippen LogP contribution >= 0.6 is 0 Å². The van der Waals surface area contributed by atoms with Crippen LogP contribution in [0.1, 0.15) is 30.7 Å². The summed E-state index contributed by atoms with van der Waals surface area (Å²) in [5, 5.41) is 33.3. The molecule has 5 rings (SSSR count). The molecule has 2 aliphatic rings. The maximum absolute atomic E-state index is 13.8. The van der Waals surface area contributed by atoms with Crippen LogP contribution in [-0.4, -0.2) is 106 Å². The number of aliphatic carboxylic acids is 1. The molecular weight excluding hydrogens is 662 g/mol. The zero-order chi connectivity index (χ0) is 36.9. The van der Waals surface area contributed by atoms with E-state index in [0.29, 0.717) is 29.1 Å². The lowest BCUT2D eigenvalue weighted by molar-refractivity contribution is -0.141. The first kappa shape index (κ1) is 38.0. The van der Waals surface area contributed by atoms with Gasteiger partial charge in [-0.25, -0.2) is 4.68 Å². The summed E-state index contributed by atoms with van der Waals surface area (Å²) >= 11 is 0. The molecule has 5 amide bonds. The predicted octanol–water partition coefficient (Wildman–Crippen LogP) is -1.53. The maximum atomic E-state index is 13.8. The number of hydrogen-bond donors (Lipinski definition) is 7. The highest BCUT2D eigenvalue weighted by molar-refractivity contribution is 5.95. The van der Waals surface area contributed by atoms with Crippen LogP contribution in [0.3, 0.4) is 0 Å². The first-order valence-electron chi connectivity index (χ1n) is 16.4. The minimum atomic E-state index is -1.26. The van der Waals surface area contributed by atoms with Gasteiger partial charge in [-0.15, -0.1) is 5.10 Å². The van der Waals surface area contributed by atoms with E-state index in [0.717, 1.165) is 0 Å². The van der Waals surface area contributed by atoms with E-state index >= 15 is 0 Å². The van der Waals surface area contributed by atoms with Crippen molar-refractivity contribution in [1.82, 2.24) is 46.9 Å². The van der Waals surface area contributed by atoms with Crippen LogP contribution in [0.25, 0.3) is 0 Å². The number of rotatable bonds is 8. The van der Waals surface area contributed by atoms with Crippen molar-refractivity contribution in [2.75, 3.05) is 20.2 Å². The van der Waals surface area contributed by atoms with Gasteiger partial charge in [0.25, 0.3) is 0 Å². The predicted molar refractivity (Wildman–Crippen MR) is 182 cm³/mol. The third-order valence-electron chi connectivity index (χ3n) is 8.13. The van der Waals surface area contributed by atoms with Crippen molar-refractivity contribution in [3.05, 3.63) is 77.6 Å². The number of ether oxygens (including phenoxy) is 1. The number of hydrogen-bond acceptors (Lipinski definition) is 10. The van der Waals surface area contributed by atoms with E-state index in [2.05, 4.69) is 42.2 Å². The summed E-state index contributed by atoms with van der Waals surface area (Å²) in [6.07, 6.45) is 1.63. The molecule has 0 saturated heterocycles. The lowest BCUT2D eigenvalue weighted by Gasteiger charge is -2.24. The van der Waals surface area contributed by atoms with Gasteiger partial charge in [-0.2, -0.15) is 0 Å². The van der Waals surface area contributed by atoms with Crippen molar-refractivity contribution in [3.8, 4) is 5.75 Å². The van der Waals surface area contributed by atoms with Gasteiger partial charge in [0.15, 0.2) is 0 Å². The molecule has 17 nitrogen and oxygen atoms in total. The first-order valence-corrected chi connectivity index (χ1v) is 16.4. The molecule has 0 aliphatic carbocycles. The number of fused-ring (bicyclic) bond motifs is 15. The van der Waals surface area contributed by atoms with Crippen molar-refractivity contribution in [1.29, 1.82) is 0 Å². The Bertz CT molecular complexity index is 1680. The summed E-state index contributed by atoms with van der Waals surface area (Å²) < 4.78 is 7.38. The van der Waals surface area contributed by atoms with Gasteiger partial charge in [0.1, 0.15) is 36.5 Å². The van der Waals surface area contributed by atoms with Gasteiger partial charge in [0.2, 0.25) is 29.5 Å². The van der Waals surface area contributed by atoms with Gasteiger partial charge in [-0.05, 0) is 44.2 Å². The molecular formula is C34H43N9O8. The van der Waals surface area contributed by atoms with Gasteiger partial charge < -0.3 is 41.7 Å². The van der Waals surface area contributed by atoms with Crippen LogP contribution in [-0.2, 0) is 54.6 Å². The first-order chi connectivity index (χ1) is 24.4. The lowest BCUT2D eigenvalue weighted by Crippen LogP contribution is -2.57. The summed E-state index contributed by atoms with van der Waals surface area (Å²) in [5.74, 6) is -4.02. The second kappa shape index (κ2) is 18.2. The molecule has 0 saturated carbocycles. The number of likely N-dealkylation sites (N-methyl/N-ethyl adjacent to an activating group) is 1. The highest BCUT2D eigenvalue weighted by Gasteiger charge is 2.30. The van der Waals surface area contributed by atoms with Crippen molar-refractivity contribution >= 4 is 35.5 Å². The molecule has 7 N–H and O–H groups in total. The summed E-state index contributed by atoms with van der Waals surface area (Å²) in [4.78, 5) is 77.9. The number of carbonyl (C=O) groups is 6. The highest BCUT2D eigenvalue weighted by atomic mass is 16.5. The monoisotopic (exact) mass is 705 g/mol. The third-order valence-corrected chi connectivity index (χ3v) is 8.13. The summed E-state index contributed by atoms with van der Waals surface area (Å²) in [7, 11) is 1.60. The number of amides is 5. The molecule has 272 valence electrons. The second-order valence-corrected chi connectivity index (χ2v) is 12.1. The largest absolute Gasteiger partial charge is 0.492 e. The fourth-order valence-electron chi connectivity index (χ4n) is 5.05. The SMILES string of the molecule is CN[C@@H](C)C(=O)N[C@H]1Cc2cn(nn2)CCOc2ccc(cc2)C[C@@H](C(=O)N[C@H](C)C(=O)O)NC(=O)[C@H](Cc2ccccc2)NC(=O)CNC1=O. The number of nitrogens with zero attached hydrogens (tertiary/aromatic N) is 3. The van der Waals surface area contributed by atoms with E-state index in [1.165, 1.54) is 11.6 Å². The number of carboxylic acid groups (broad SMARTS) is 1. The number of nitrogens with one attached hydrogen (secondary N) is 6. The number of carbonyl (C=O) groups excluding carboxylic acids is 5. The van der Waals surface area contributed by atoms with Crippen LogP contribution in [0.2, 0.25) is 0 Å². The number of aromatic nitrogens is 3. The van der Waals surface area contributed by atoms with E-state index in [9.17, 15) is 33.9 Å². The Labute approximate surface area is 294 Å². The summed E-state index contributed by atoms with van der Waals surface area (Å²) in [6, 6.07) is 10.3. The topological polar surface area (TPSA) is 235 Å². The normalized spacial score (nSPS) is 20.1. The number of benzene rings is 2. The van der Waals surface area contributed by atoms with Crippen molar-refractivity contribution in [2.45, 2.75) is 69.9 Å². The molecule has 0 unspecified atom stereocenters. The third kappa shape index (κ3) is 11.6. The average Bonchev–Trinajstić information content (AvgIpc) is 3.56. The van der Waals surface area contributed by atoms with Crippen molar-refractivity contribution in [3.63, 3.8) is 0 Å². The minimum Gasteiger partial charge on any atom is -0.492 e. The lowest BCUT2D eigenvalue weighted by atomic mass is 10.0. The molecule has 3 heterocycles. The molecule has 0 spiro atoms. The molecule has 17 heteroatoms. The smallest absolute Gasteiger partial charge is 0.325 e. The van der Waals surface area contributed by atoms with Crippen LogP contribution in [0.15, 0.2) is 60.8 Å². The van der Waals surface area contributed by atoms with Gasteiger partial charge >= 0.3 is 5.97 Å². The molecule has 51 heavy (non-hydrogen) atoms.